The third-order valence-electron chi connectivity index (χ3n) is 3.77. The van der Waals surface area contributed by atoms with Gasteiger partial charge in [0.05, 0.1) is 18.5 Å². The van der Waals surface area contributed by atoms with Crippen LogP contribution in [-0.2, 0) is 16.0 Å². The molecule has 0 unspecified atom stereocenters. The number of carbonyl (C=O) groups excluding carboxylic acids is 1. The van der Waals surface area contributed by atoms with Crippen molar-refractivity contribution in [2.24, 2.45) is 5.92 Å². The summed E-state index contributed by atoms with van der Waals surface area (Å²) in [5.74, 6) is 0.310. The van der Waals surface area contributed by atoms with E-state index in [1.807, 2.05) is 44.2 Å². The molecule has 1 aromatic carbocycles. The molecule has 1 amide bonds. The number of carboxylic acid groups (broad SMARTS) is 1. The van der Waals surface area contributed by atoms with Crippen molar-refractivity contribution < 1.29 is 19.1 Å². The highest BCUT2D eigenvalue weighted by Crippen LogP contribution is 2.22. The van der Waals surface area contributed by atoms with Crippen LogP contribution in [0.1, 0.15) is 31.7 Å². The molecule has 0 bridgehead atoms. The maximum atomic E-state index is 12.6. The van der Waals surface area contributed by atoms with Gasteiger partial charge >= 0.3 is 5.97 Å². The summed E-state index contributed by atoms with van der Waals surface area (Å²) < 4.78 is 5.68. The molecule has 2 aromatic rings. The summed E-state index contributed by atoms with van der Waals surface area (Å²) in [6, 6.07) is 9.51. The molecule has 6 nitrogen and oxygen atoms in total. The zero-order valence-electron chi connectivity index (χ0n) is 14.9. The maximum Gasteiger partial charge on any atom is 0.305 e. The highest BCUT2D eigenvalue weighted by Gasteiger charge is 2.20. The first-order valence-corrected chi connectivity index (χ1v) is 8.38. The predicted molar refractivity (Wildman–Crippen MR) is 94.1 cm³/mol. The van der Waals surface area contributed by atoms with E-state index in [1.165, 1.54) is 0 Å². The number of carbonyl (C=O) groups is 2. The summed E-state index contributed by atoms with van der Waals surface area (Å²) in [7, 11) is 0. The molecule has 0 atom stereocenters. The van der Waals surface area contributed by atoms with Crippen molar-refractivity contribution in [3.63, 3.8) is 0 Å². The molecule has 0 aliphatic rings. The van der Waals surface area contributed by atoms with Crippen molar-refractivity contribution in [2.45, 2.75) is 33.6 Å². The molecule has 0 saturated carbocycles. The monoisotopic (exact) mass is 344 g/mol. The second-order valence-corrected chi connectivity index (χ2v) is 6.44. The second-order valence-electron chi connectivity index (χ2n) is 6.44. The number of hydrogen-bond donors (Lipinski definition) is 1. The minimum absolute atomic E-state index is 0.0640. The third kappa shape index (κ3) is 5.45. The van der Waals surface area contributed by atoms with Gasteiger partial charge in [-0.25, -0.2) is 4.98 Å². The summed E-state index contributed by atoms with van der Waals surface area (Å²) in [5.41, 5.74) is 1.45. The Labute approximate surface area is 147 Å². The molecule has 6 heteroatoms. The van der Waals surface area contributed by atoms with Crippen LogP contribution in [-0.4, -0.2) is 40.0 Å². The molecular weight excluding hydrogens is 320 g/mol. The van der Waals surface area contributed by atoms with Gasteiger partial charge in [0.2, 0.25) is 11.8 Å². The quantitative estimate of drug-likeness (QED) is 0.795. The standard InChI is InChI=1S/C19H24N2O4/c1-13(2)12-21(10-9-18(23)24)17(22)11-16-14(3)25-19(20-16)15-7-5-4-6-8-15/h4-8,13H,9-12H2,1-3H3,(H,23,24). The Kier molecular flexibility index (Phi) is 6.33. The van der Waals surface area contributed by atoms with E-state index in [0.29, 0.717) is 23.9 Å². The molecule has 0 saturated heterocycles. The van der Waals surface area contributed by atoms with E-state index in [1.54, 1.807) is 11.8 Å². The molecule has 0 spiro atoms. The molecule has 1 aromatic heterocycles. The van der Waals surface area contributed by atoms with E-state index in [4.69, 9.17) is 9.52 Å². The smallest absolute Gasteiger partial charge is 0.305 e. The van der Waals surface area contributed by atoms with Crippen molar-refractivity contribution in [3.8, 4) is 11.5 Å². The largest absolute Gasteiger partial charge is 0.481 e. The Morgan fingerprint density at radius 3 is 2.52 bits per heavy atom. The zero-order valence-corrected chi connectivity index (χ0v) is 14.9. The van der Waals surface area contributed by atoms with E-state index in [-0.39, 0.29) is 31.2 Å². The number of nitrogens with zero attached hydrogens (tertiary/aromatic N) is 2. The fourth-order valence-corrected chi connectivity index (χ4v) is 2.54. The van der Waals surface area contributed by atoms with Crippen molar-refractivity contribution in [2.75, 3.05) is 13.1 Å². The summed E-state index contributed by atoms with van der Waals surface area (Å²) in [4.78, 5) is 29.5. The Balaban J connectivity index is 2.12. The second kappa shape index (κ2) is 8.46. The van der Waals surface area contributed by atoms with Crippen LogP contribution in [0, 0.1) is 12.8 Å². The Morgan fingerprint density at radius 2 is 1.92 bits per heavy atom. The Bertz CT molecular complexity index is 722. The van der Waals surface area contributed by atoms with Gasteiger partial charge in [-0.05, 0) is 25.0 Å². The fraction of sp³-hybridized carbons (Fsp3) is 0.421. The number of carboxylic acids is 1. The van der Waals surface area contributed by atoms with Gasteiger partial charge in [0.25, 0.3) is 0 Å². The van der Waals surface area contributed by atoms with Gasteiger partial charge in [0.1, 0.15) is 5.76 Å². The lowest BCUT2D eigenvalue weighted by Crippen LogP contribution is -2.37. The number of aryl methyl sites for hydroxylation is 1. The molecule has 1 heterocycles. The summed E-state index contributed by atoms with van der Waals surface area (Å²) in [6.07, 6.45) is 0.0417. The van der Waals surface area contributed by atoms with Crippen LogP contribution in [0.4, 0.5) is 0 Å². The van der Waals surface area contributed by atoms with Crippen molar-refractivity contribution >= 4 is 11.9 Å². The third-order valence-corrected chi connectivity index (χ3v) is 3.77. The number of rotatable bonds is 8. The van der Waals surface area contributed by atoms with E-state index in [9.17, 15) is 9.59 Å². The van der Waals surface area contributed by atoms with Gasteiger partial charge in [-0.2, -0.15) is 0 Å². The first-order chi connectivity index (χ1) is 11.9. The minimum atomic E-state index is -0.912. The molecule has 0 aliphatic carbocycles. The Morgan fingerprint density at radius 1 is 1.24 bits per heavy atom. The van der Waals surface area contributed by atoms with E-state index in [2.05, 4.69) is 4.98 Å². The van der Waals surface area contributed by atoms with Crippen molar-refractivity contribution in [1.29, 1.82) is 0 Å². The van der Waals surface area contributed by atoms with Crippen LogP contribution in [0.25, 0.3) is 11.5 Å². The summed E-state index contributed by atoms with van der Waals surface area (Å²) in [5, 5.41) is 8.88. The van der Waals surface area contributed by atoms with Gasteiger partial charge in [-0.3, -0.25) is 9.59 Å². The van der Waals surface area contributed by atoms with Crippen LogP contribution in [0.2, 0.25) is 0 Å². The number of benzene rings is 1. The molecule has 0 fully saturated rings. The summed E-state index contributed by atoms with van der Waals surface area (Å²) >= 11 is 0. The van der Waals surface area contributed by atoms with Crippen LogP contribution >= 0.6 is 0 Å². The van der Waals surface area contributed by atoms with Crippen LogP contribution in [0.3, 0.4) is 0 Å². The molecule has 134 valence electrons. The SMILES string of the molecule is Cc1oc(-c2ccccc2)nc1CC(=O)N(CCC(=O)O)CC(C)C. The van der Waals surface area contributed by atoms with Gasteiger partial charge in [0.15, 0.2) is 0 Å². The van der Waals surface area contributed by atoms with Crippen LogP contribution < -0.4 is 0 Å². The normalized spacial score (nSPS) is 10.9. The molecule has 0 radical (unpaired) electrons. The summed E-state index contributed by atoms with van der Waals surface area (Å²) in [6.45, 7) is 6.50. The number of aromatic nitrogens is 1. The molecule has 1 N–H and O–H groups in total. The van der Waals surface area contributed by atoms with Gasteiger partial charge < -0.3 is 14.4 Å². The first-order valence-electron chi connectivity index (χ1n) is 8.38. The van der Waals surface area contributed by atoms with Gasteiger partial charge in [0, 0.05) is 18.7 Å². The van der Waals surface area contributed by atoms with E-state index in [0.717, 1.165) is 5.56 Å². The van der Waals surface area contributed by atoms with Crippen molar-refractivity contribution in [3.05, 3.63) is 41.8 Å². The fourth-order valence-electron chi connectivity index (χ4n) is 2.54. The van der Waals surface area contributed by atoms with Gasteiger partial charge in [-0.15, -0.1) is 0 Å². The molecule has 2 rings (SSSR count). The highest BCUT2D eigenvalue weighted by atomic mass is 16.4. The highest BCUT2D eigenvalue weighted by molar-refractivity contribution is 5.79. The van der Waals surface area contributed by atoms with Crippen molar-refractivity contribution in [1.82, 2.24) is 9.88 Å². The number of oxazole rings is 1. The minimum Gasteiger partial charge on any atom is -0.481 e. The zero-order chi connectivity index (χ0) is 18.4. The lowest BCUT2D eigenvalue weighted by molar-refractivity contribution is -0.138. The number of amides is 1. The lowest BCUT2D eigenvalue weighted by atomic mass is 10.1. The Hall–Kier alpha value is -2.63. The average molecular weight is 344 g/mol. The number of aliphatic carboxylic acids is 1. The topological polar surface area (TPSA) is 83.6 Å². The predicted octanol–water partition coefficient (Wildman–Crippen LogP) is 3.15. The maximum absolute atomic E-state index is 12.6. The van der Waals surface area contributed by atoms with Gasteiger partial charge in [-0.1, -0.05) is 32.0 Å². The van der Waals surface area contributed by atoms with Crippen LogP contribution in [0.5, 0.6) is 0 Å². The lowest BCUT2D eigenvalue weighted by Gasteiger charge is -2.23. The average Bonchev–Trinajstić information content (AvgIpc) is 2.92. The molecular formula is C19H24N2O4. The number of hydrogen-bond acceptors (Lipinski definition) is 4. The molecule has 25 heavy (non-hydrogen) atoms. The first kappa shape index (κ1) is 18.7. The van der Waals surface area contributed by atoms with E-state index < -0.39 is 5.97 Å². The van der Waals surface area contributed by atoms with E-state index >= 15 is 0 Å². The molecule has 0 aliphatic heterocycles. The van der Waals surface area contributed by atoms with Crippen LogP contribution in [0.15, 0.2) is 34.7 Å².